The standard InChI is InChI=1S/C12H12N2O5/c1-18-11(16)5-10(15)13-6-7-2-3-8-9(4-7)19-12(17)14-8/h2-4H,5-6H2,1H3,(H,13,15)(H,14,17). The first-order chi connectivity index (χ1) is 9.08. The van der Waals surface area contributed by atoms with Crippen LogP contribution in [0.1, 0.15) is 12.0 Å². The lowest BCUT2D eigenvalue weighted by atomic mass is 10.2. The van der Waals surface area contributed by atoms with E-state index in [0.717, 1.165) is 5.56 Å². The van der Waals surface area contributed by atoms with Crippen molar-refractivity contribution < 1.29 is 18.7 Å². The van der Waals surface area contributed by atoms with E-state index in [4.69, 9.17) is 4.42 Å². The van der Waals surface area contributed by atoms with Crippen LogP contribution >= 0.6 is 0 Å². The quantitative estimate of drug-likeness (QED) is 0.611. The van der Waals surface area contributed by atoms with E-state index in [2.05, 4.69) is 15.0 Å². The molecular weight excluding hydrogens is 252 g/mol. The van der Waals surface area contributed by atoms with Crippen LogP contribution < -0.4 is 11.1 Å². The van der Waals surface area contributed by atoms with Gasteiger partial charge in [0.05, 0.1) is 12.6 Å². The fourth-order valence-corrected chi connectivity index (χ4v) is 1.57. The van der Waals surface area contributed by atoms with E-state index >= 15 is 0 Å². The summed E-state index contributed by atoms with van der Waals surface area (Å²) in [4.78, 5) is 35.7. The van der Waals surface area contributed by atoms with Crippen LogP contribution in [0.15, 0.2) is 27.4 Å². The van der Waals surface area contributed by atoms with Gasteiger partial charge in [-0.05, 0) is 17.7 Å². The fourth-order valence-electron chi connectivity index (χ4n) is 1.57. The first kappa shape index (κ1) is 12.9. The number of hydrogen-bond donors (Lipinski definition) is 2. The van der Waals surface area contributed by atoms with Crippen LogP contribution in [0.5, 0.6) is 0 Å². The van der Waals surface area contributed by atoms with Crippen LogP contribution in [-0.2, 0) is 20.9 Å². The number of methoxy groups -OCH3 is 1. The van der Waals surface area contributed by atoms with Crippen molar-refractivity contribution in [1.82, 2.24) is 10.3 Å². The summed E-state index contributed by atoms with van der Waals surface area (Å²) < 4.78 is 9.28. The minimum Gasteiger partial charge on any atom is -0.469 e. The van der Waals surface area contributed by atoms with E-state index in [1.54, 1.807) is 18.2 Å². The predicted molar refractivity (Wildman–Crippen MR) is 65.3 cm³/mol. The zero-order valence-corrected chi connectivity index (χ0v) is 10.2. The SMILES string of the molecule is COC(=O)CC(=O)NCc1ccc2[nH]c(=O)oc2c1. The molecule has 0 unspecified atom stereocenters. The highest BCUT2D eigenvalue weighted by Crippen LogP contribution is 2.12. The Morgan fingerprint density at radius 2 is 2.21 bits per heavy atom. The lowest BCUT2D eigenvalue weighted by Gasteiger charge is -2.04. The molecule has 7 nitrogen and oxygen atoms in total. The third-order valence-corrected chi connectivity index (χ3v) is 2.51. The molecule has 0 saturated heterocycles. The summed E-state index contributed by atoms with van der Waals surface area (Å²) in [6, 6.07) is 5.07. The average molecular weight is 264 g/mol. The minimum absolute atomic E-state index is 0.237. The molecule has 0 spiro atoms. The zero-order valence-electron chi connectivity index (χ0n) is 10.2. The normalized spacial score (nSPS) is 10.4. The monoisotopic (exact) mass is 264 g/mol. The van der Waals surface area contributed by atoms with Crippen molar-refractivity contribution in [2.45, 2.75) is 13.0 Å². The Morgan fingerprint density at radius 1 is 1.42 bits per heavy atom. The highest BCUT2D eigenvalue weighted by Gasteiger charge is 2.09. The van der Waals surface area contributed by atoms with Crippen molar-refractivity contribution in [3.05, 3.63) is 34.3 Å². The molecule has 2 aromatic rings. The molecule has 0 aliphatic heterocycles. The van der Waals surface area contributed by atoms with E-state index in [9.17, 15) is 14.4 Å². The number of amides is 1. The van der Waals surface area contributed by atoms with Gasteiger partial charge in [0.1, 0.15) is 6.42 Å². The molecule has 1 aromatic carbocycles. The Hall–Kier alpha value is -2.57. The topological polar surface area (TPSA) is 101 Å². The molecule has 7 heteroatoms. The largest absolute Gasteiger partial charge is 0.469 e. The average Bonchev–Trinajstić information content (AvgIpc) is 2.75. The molecule has 0 bridgehead atoms. The van der Waals surface area contributed by atoms with Gasteiger partial charge in [0.2, 0.25) is 5.91 Å². The maximum absolute atomic E-state index is 11.4. The molecule has 0 aliphatic rings. The van der Waals surface area contributed by atoms with Gasteiger partial charge >= 0.3 is 11.7 Å². The second-order valence-corrected chi connectivity index (χ2v) is 3.87. The molecule has 1 aromatic heterocycles. The molecule has 19 heavy (non-hydrogen) atoms. The summed E-state index contributed by atoms with van der Waals surface area (Å²) in [5.74, 6) is -1.55. The number of H-pyrrole nitrogens is 1. The Balaban J connectivity index is 1.99. The summed E-state index contributed by atoms with van der Waals surface area (Å²) in [5.41, 5.74) is 1.77. The number of hydrogen-bond acceptors (Lipinski definition) is 5. The van der Waals surface area contributed by atoms with Gasteiger partial charge in [0.15, 0.2) is 5.58 Å². The smallest absolute Gasteiger partial charge is 0.417 e. The van der Waals surface area contributed by atoms with Crippen molar-refractivity contribution >= 4 is 23.0 Å². The number of nitrogens with one attached hydrogen (secondary N) is 2. The molecule has 100 valence electrons. The summed E-state index contributed by atoms with van der Waals surface area (Å²) in [6.07, 6.45) is -0.321. The van der Waals surface area contributed by atoms with E-state index in [-0.39, 0.29) is 13.0 Å². The van der Waals surface area contributed by atoms with Gasteiger partial charge in [-0.2, -0.15) is 0 Å². The van der Waals surface area contributed by atoms with Crippen molar-refractivity contribution in [2.75, 3.05) is 7.11 Å². The summed E-state index contributed by atoms with van der Waals surface area (Å²) in [6.45, 7) is 0.237. The molecule has 2 rings (SSSR count). The van der Waals surface area contributed by atoms with Crippen LogP contribution in [0, 0.1) is 0 Å². The van der Waals surface area contributed by atoms with Gasteiger partial charge in [-0.3, -0.25) is 14.6 Å². The molecule has 0 atom stereocenters. The molecule has 0 fully saturated rings. The van der Waals surface area contributed by atoms with Gasteiger partial charge in [-0.1, -0.05) is 6.07 Å². The summed E-state index contributed by atoms with van der Waals surface area (Å²) in [7, 11) is 1.22. The number of carbonyl (C=O) groups excluding carboxylic acids is 2. The maximum atomic E-state index is 11.4. The van der Waals surface area contributed by atoms with Crippen LogP contribution in [0.3, 0.4) is 0 Å². The number of esters is 1. The Kier molecular flexibility index (Phi) is 3.65. The molecule has 1 amide bonds. The van der Waals surface area contributed by atoms with E-state index in [0.29, 0.717) is 11.1 Å². The van der Waals surface area contributed by atoms with Crippen molar-refractivity contribution in [1.29, 1.82) is 0 Å². The van der Waals surface area contributed by atoms with Gasteiger partial charge in [0.25, 0.3) is 0 Å². The van der Waals surface area contributed by atoms with Crippen LogP contribution in [0.4, 0.5) is 0 Å². The number of rotatable bonds is 4. The Labute approximate surface area is 107 Å². The van der Waals surface area contributed by atoms with Gasteiger partial charge in [-0.25, -0.2) is 4.79 Å². The molecule has 0 saturated carbocycles. The maximum Gasteiger partial charge on any atom is 0.417 e. The minimum atomic E-state index is -0.593. The van der Waals surface area contributed by atoms with E-state index in [1.807, 2.05) is 0 Å². The van der Waals surface area contributed by atoms with Crippen molar-refractivity contribution in [2.24, 2.45) is 0 Å². The van der Waals surface area contributed by atoms with Crippen LogP contribution in [-0.4, -0.2) is 24.0 Å². The van der Waals surface area contributed by atoms with Gasteiger partial charge in [0, 0.05) is 6.54 Å². The number of ether oxygens (including phenoxy) is 1. The van der Waals surface area contributed by atoms with E-state index < -0.39 is 17.6 Å². The summed E-state index contributed by atoms with van der Waals surface area (Å²) >= 11 is 0. The third kappa shape index (κ3) is 3.21. The Morgan fingerprint density at radius 3 is 2.95 bits per heavy atom. The van der Waals surface area contributed by atoms with Crippen molar-refractivity contribution in [3.63, 3.8) is 0 Å². The van der Waals surface area contributed by atoms with Crippen LogP contribution in [0.2, 0.25) is 0 Å². The number of aromatic nitrogens is 1. The second kappa shape index (κ2) is 5.38. The zero-order chi connectivity index (χ0) is 13.8. The third-order valence-electron chi connectivity index (χ3n) is 2.51. The van der Waals surface area contributed by atoms with Gasteiger partial charge < -0.3 is 14.5 Å². The first-order valence-corrected chi connectivity index (χ1v) is 5.54. The second-order valence-electron chi connectivity index (χ2n) is 3.87. The van der Waals surface area contributed by atoms with E-state index in [1.165, 1.54) is 7.11 Å². The number of aromatic amines is 1. The van der Waals surface area contributed by atoms with Crippen LogP contribution in [0.25, 0.3) is 11.1 Å². The predicted octanol–water partition coefficient (Wildman–Crippen LogP) is 0.300. The highest BCUT2D eigenvalue weighted by atomic mass is 16.5. The number of carbonyl (C=O) groups is 2. The molecule has 0 aliphatic carbocycles. The summed E-state index contributed by atoms with van der Waals surface area (Å²) in [5, 5.41) is 2.57. The number of benzene rings is 1. The van der Waals surface area contributed by atoms with Gasteiger partial charge in [-0.15, -0.1) is 0 Å². The lowest BCUT2D eigenvalue weighted by Crippen LogP contribution is -2.25. The lowest BCUT2D eigenvalue weighted by molar-refractivity contribution is -0.143. The molecule has 0 radical (unpaired) electrons. The molecule has 2 N–H and O–H groups in total. The number of fused-ring (bicyclic) bond motifs is 1. The highest BCUT2D eigenvalue weighted by molar-refractivity contribution is 5.94. The molecular formula is C12H12N2O5. The fraction of sp³-hybridized carbons (Fsp3) is 0.250. The van der Waals surface area contributed by atoms with Crippen molar-refractivity contribution in [3.8, 4) is 0 Å². The molecule has 1 heterocycles. The number of oxazole rings is 1. The first-order valence-electron chi connectivity index (χ1n) is 5.54. The Bertz CT molecular complexity index is 670.